The molecule has 1 aliphatic rings. The first-order valence-electron chi connectivity index (χ1n) is 7.04. The fraction of sp³-hybridized carbons (Fsp3) is 0.600. The number of ether oxygens (including phenoxy) is 1. The summed E-state index contributed by atoms with van der Waals surface area (Å²) in [5.74, 6) is 0.674. The smallest absolute Gasteiger partial charge is 0.139 e. The molecule has 1 aliphatic carbocycles. The van der Waals surface area contributed by atoms with Crippen LogP contribution in [-0.2, 0) is 6.42 Å². The zero-order valence-corrected chi connectivity index (χ0v) is 12.9. The van der Waals surface area contributed by atoms with Crippen LogP contribution in [-0.4, -0.2) is 19.2 Å². The maximum atomic E-state index is 6.26. The summed E-state index contributed by atoms with van der Waals surface area (Å²) in [7, 11) is 0. The van der Waals surface area contributed by atoms with Gasteiger partial charge in [0.1, 0.15) is 5.75 Å². The number of rotatable bonds is 8. The van der Waals surface area contributed by atoms with Gasteiger partial charge in [-0.3, -0.25) is 0 Å². The molecule has 106 valence electrons. The highest BCUT2D eigenvalue weighted by Gasteiger charge is 2.19. The van der Waals surface area contributed by atoms with Gasteiger partial charge in [-0.25, -0.2) is 0 Å². The summed E-state index contributed by atoms with van der Waals surface area (Å²) < 4.78 is 5.42. The largest absolute Gasteiger partial charge is 0.492 e. The molecule has 1 aromatic rings. The zero-order chi connectivity index (χ0) is 13.7. The summed E-state index contributed by atoms with van der Waals surface area (Å²) in [5.41, 5.74) is 1.11. The number of halogens is 2. The van der Waals surface area contributed by atoms with Gasteiger partial charge in [-0.05, 0) is 57.2 Å². The highest BCUT2D eigenvalue weighted by Crippen LogP contribution is 2.32. The van der Waals surface area contributed by atoms with Crippen LogP contribution in [0.25, 0.3) is 0 Å². The van der Waals surface area contributed by atoms with Crippen LogP contribution in [0.4, 0.5) is 0 Å². The maximum absolute atomic E-state index is 6.26. The second-order valence-corrected chi connectivity index (χ2v) is 5.81. The van der Waals surface area contributed by atoms with Crippen molar-refractivity contribution in [3.8, 4) is 5.75 Å². The summed E-state index contributed by atoms with van der Waals surface area (Å²) in [6, 6.07) is 4.55. The molecule has 1 fully saturated rings. The number of hydrogen-bond donors (Lipinski definition) is 1. The maximum Gasteiger partial charge on any atom is 0.139 e. The molecule has 1 aromatic carbocycles. The Labute approximate surface area is 125 Å². The van der Waals surface area contributed by atoms with Crippen LogP contribution in [0, 0.1) is 0 Å². The lowest BCUT2D eigenvalue weighted by atomic mass is 10.1. The van der Waals surface area contributed by atoms with Gasteiger partial charge in [-0.2, -0.15) is 0 Å². The molecule has 0 aliphatic heterocycles. The van der Waals surface area contributed by atoms with E-state index in [0.717, 1.165) is 36.0 Å². The Bertz CT molecular complexity index is 419. The first-order chi connectivity index (χ1) is 9.20. The van der Waals surface area contributed by atoms with Gasteiger partial charge in [-0.1, -0.05) is 23.2 Å². The van der Waals surface area contributed by atoms with Gasteiger partial charge in [0.05, 0.1) is 11.6 Å². The van der Waals surface area contributed by atoms with Crippen LogP contribution in [0.5, 0.6) is 5.75 Å². The monoisotopic (exact) mass is 301 g/mol. The number of aryl methyl sites for hydroxylation is 1. The minimum Gasteiger partial charge on any atom is -0.492 e. The van der Waals surface area contributed by atoms with E-state index in [-0.39, 0.29) is 0 Å². The van der Waals surface area contributed by atoms with Crippen molar-refractivity contribution < 1.29 is 4.74 Å². The van der Waals surface area contributed by atoms with Gasteiger partial charge in [-0.15, -0.1) is 0 Å². The molecule has 0 saturated heterocycles. The van der Waals surface area contributed by atoms with E-state index in [4.69, 9.17) is 27.9 Å². The predicted octanol–water partition coefficient (Wildman–Crippen LogP) is 4.47. The van der Waals surface area contributed by atoms with E-state index >= 15 is 0 Å². The van der Waals surface area contributed by atoms with Crippen LogP contribution in [0.2, 0.25) is 10.0 Å². The van der Waals surface area contributed by atoms with Crippen LogP contribution >= 0.6 is 23.2 Å². The molecule has 1 saturated carbocycles. The first-order valence-corrected chi connectivity index (χ1v) is 7.80. The van der Waals surface area contributed by atoms with E-state index in [1.807, 2.05) is 19.1 Å². The highest BCUT2D eigenvalue weighted by atomic mass is 35.5. The fourth-order valence-corrected chi connectivity index (χ4v) is 2.55. The molecule has 0 atom stereocenters. The number of nitrogens with one attached hydrogen (secondary N) is 1. The van der Waals surface area contributed by atoms with Crippen molar-refractivity contribution in [2.45, 2.75) is 45.1 Å². The summed E-state index contributed by atoms with van der Waals surface area (Å²) >= 11 is 12.4. The molecule has 2 rings (SSSR count). The van der Waals surface area contributed by atoms with Gasteiger partial charge < -0.3 is 10.1 Å². The molecule has 0 amide bonds. The Hall–Kier alpha value is -0.440. The minimum atomic E-state index is 0.599. The molecular weight excluding hydrogens is 281 g/mol. The molecule has 2 nitrogen and oxygen atoms in total. The third-order valence-corrected chi connectivity index (χ3v) is 3.93. The summed E-state index contributed by atoms with van der Waals surface area (Å²) in [6.45, 7) is 3.64. The van der Waals surface area contributed by atoms with Crippen molar-refractivity contribution in [2.24, 2.45) is 0 Å². The number of benzene rings is 1. The van der Waals surface area contributed by atoms with Crippen LogP contribution in [0.3, 0.4) is 0 Å². The lowest BCUT2D eigenvalue weighted by Crippen LogP contribution is -2.17. The average molecular weight is 302 g/mol. The molecule has 0 radical (unpaired) electrons. The molecule has 0 aromatic heterocycles. The second kappa shape index (κ2) is 7.37. The summed E-state index contributed by atoms with van der Waals surface area (Å²) in [5, 5.41) is 4.92. The van der Waals surface area contributed by atoms with Crippen molar-refractivity contribution >= 4 is 23.2 Å². The van der Waals surface area contributed by atoms with Crippen molar-refractivity contribution in [2.75, 3.05) is 13.2 Å². The quantitative estimate of drug-likeness (QED) is 0.716. The molecule has 0 unspecified atom stereocenters. The molecule has 19 heavy (non-hydrogen) atoms. The highest BCUT2D eigenvalue weighted by molar-refractivity contribution is 6.34. The molecule has 0 bridgehead atoms. The van der Waals surface area contributed by atoms with E-state index in [2.05, 4.69) is 5.32 Å². The molecule has 1 N–H and O–H groups in total. The van der Waals surface area contributed by atoms with E-state index in [9.17, 15) is 0 Å². The number of unbranched alkanes of at least 4 members (excludes halogenated alkanes) is 1. The summed E-state index contributed by atoms with van der Waals surface area (Å²) in [6.07, 6.45) is 5.97. The zero-order valence-electron chi connectivity index (χ0n) is 11.3. The third kappa shape index (κ3) is 4.87. The van der Waals surface area contributed by atoms with Crippen LogP contribution in [0.1, 0.15) is 38.2 Å². The molecular formula is C15H21Cl2NO. The minimum absolute atomic E-state index is 0.599. The van der Waals surface area contributed by atoms with E-state index in [1.165, 1.54) is 19.3 Å². The van der Waals surface area contributed by atoms with Gasteiger partial charge in [0.2, 0.25) is 0 Å². The Kier molecular flexibility index (Phi) is 5.80. The topological polar surface area (TPSA) is 21.3 Å². The van der Waals surface area contributed by atoms with Crippen molar-refractivity contribution in [3.63, 3.8) is 0 Å². The Balaban J connectivity index is 1.79. The SMILES string of the molecule is CCOc1cc(Cl)c(CCCCNC2CC2)cc1Cl. The van der Waals surface area contributed by atoms with Gasteiger partial charge in [0.15, 0.2) is 0 Å². The van der Waals surface area contributed by atoms with E-state index in [1.54, 1.807) is 0 Å². The van der Waals surface area contributed by atoms with Crippen molar-refractivity contribution in [1.29, 1.82) is 0 Å². The van der Waals surface area contributed by atoms with Gasteiger partial charge in [0, 0.05) is 17.1 Å². The Morgan fingerprint density at radius 2 is 2.00 bits per heavy atom. The molecule has 4 heteroatoms. The van der Waals surface area contributed by atoms with Crippen LogP contribution in [0.15, 0.2) is 12.1 Å². The lowest BCUT2D eigenvalue weighted by Gasteiger charge is -2.10. The van der Waals surface area contributed by atoms with E-state index in [0.29, 0.717) is 17.4 Å². The van der Waals surface area contributed by atoms with Crippen molar-refractivity contribution in [3.05, 3.63) is 27.7 Å². The molecule has 0 spiro atoms. The Morgan fingerprint density at radius 1 is 1.21 bits per heavy atom. The standard InChI is InChI=1S/C15H21Cl2NO/c1-2-19-15-10-13(16)11(9-14(15)17)5-3-4-8-18-12-6-7-12/h9-10,12,18H,2-8H2,1H3. The predicted molar refractivity (Wildman–Crippen MR) is 81.6 cm³/mol. The first kappa shape index (κ1) is 15.0. The van der Waals surface area contributed by atoms with E-state index < -0.39 is 0 Å². The normalized spacial score (nSPS) is 14.7. The van der Waals surface area contributed by atoms with Gasteiger partial charge >= 0.3 is 0 Å². The summed E-state index contributed by atoms with van der Waals surface area (Å²) in [4.78, 5) is 0. The molecule has 0 heterocycles. The van der Waals surface area contributed by atoms with Crippen LogP contribution < -0.4 is 10.1 Å². The van der Waals surface area contributed by atoms with Gasteiger partial charge in [0.25, 0.3) is 0 Å². The Morgan fingerprint density at radius 3 is 2.68 bits per heavy atom. The fourth-order valence-electron chi connectivity index (χ4n) is 2.06. The third-order valence-electron chi connectivity index (χ3n) is 3.28. The lowest BCUT2D eigenvalue weighted by molar-refractivity contribution is 0.340. The van der Waals surface area contributed by atoms with Crippen molar-refractivity contribution in [1.82, 2.24) is 5.32 Å². The average Bonchev–Trinajstić information content (AvgIpc) is 3.19. The number of hydrogen-bond acceptors (Lipinski definition) is 2. The second-order valence-electron chi connectivity index (χ2n) is 4.99.